The van der Waals surface area contributed by atoms with E-state index in [1.807, 2.05) is 18.2 Å². The molecule has 0 bridgehead atoms. The van der Waals surface area contributed by atoms with Gasteiger partial charge >= 0.3 is 5.97 Å². The zero-order valence-corrected chi connectivity index (χ0v) is 11.7. The standard InChI is InChI=1S/C15H18N2O4/c18-14(17-5-6-21-13(9-17)15(19)20)11-2-1-10-3-4-16-8-12(10)7-11/h1-2,7,13,16H,3-6,8-9H2,(H,19,20). The first-order valence-electron chi connectivity index (χ1n) is 7.11. The van der Waals surface area contributed by atoms with Gasteiger partial charge in [0.1, 0.15) is 0 Å². The first-order valence-corrected chi connectivity index (χ1v) is 7.11. The number of aliphatic carboxylic acids is 1. The van der Waals surface area contributed by atoms with Crippen molar-refractivity contribution in [1.82, 2.24) is 10.2 Å². The molecule has 2 heterocycles. The quantitative estimate of drug-likeness (QED) is 0.817. The van der Waals surface area contributed by atoms with Gasteiger partial charge in [0.2, 0.25) is 0 Å². The van der Waals surface area contributed by atoms with Gasteiger partial charge in [0.15, 0.2) is 6.10 Å². The molecule has 6 heteroatoms. The highest BCUT2D eigenvalue weighted by molar-refractivity contribution is 5.95. The number of fused-ring (bicyclic) bond motifs is 1. The molecule has 1 amide bonds. The van der Waals surface area contributed by atoms with Crippen molar-refractivity contribution in [3.63, 3.8) is 0 Å². The fourth-order valence-corrected chi connectivity index (χ4v) is 2.78. The molecule has 1 saturated heterocycles. The minimum atomic E-state index is -1.03. The highest BCUT2D eigenvalue weighted by atomic mass is 16.5. The second-order valence-corrected chi connectivity index (χ2v) is 5.36. The summed E-state index contributed by atoms with van der Waals surface area (Å²) >= 11 is 0. The largest absolute Gasteiger partial charge is 0.479 e. The zero-order valence-electron chi connectivity index (χ0n) is 11.7. The van der Waals surface area contributed by atoms with E-state index in [0.29, 0.717) is 12.1 Å². The number of nitrogens with zero attached hydrogens (tertiary/aromatic N) is 1. The molecule has 0 aliphatic carbocycles. The van der Waals surface area contributed by atoms with Crippen LogP contribution in [0.25, 0.3) is 0 Å². The Kier molecular flexibility index (Phi) is 3.90. The van der Waals surface area contributed by atoms with E-state index in [1.54, 1.807) is 4.90 Å². The average Bonchev–Trinajstić information content (AvgIpc) is 2.53. The number of carbonyl (C=O) groups is 2. The Labute approximate surface area is 122 Å². The lowest BCUT2D eigenvalue weighted by molar-refractivity contribution is -0.154. The number of ether oxygens (including phenoxy) is 1. The Morgan fingerprint density at radius 2 is 2.19 bits per heavy atom. The Bertz CT molecular complexity index is 573. The van der Waals surface area contributed by atoms with Gasteiger partial charge in [-0.2, -0.15) is 0 Å². The summed E-state index contributed by atoms with van der Waals surface area (Å²) in [7, 11) is 0. The number of carbonyl (C=O) groups excluding carboxylic acids is 1. The summed E-state index contributed by atoms with van der Waals surface area (Å²) in [6.45, 7) is 2.53. The molecule has 2 aliphatic rings. The van der Waals surface area contributed by atoms with Crippen LogP contribution in [0.15, 0.2) is 18.2 Å². The molecule has 1 aromatic carbocycles. The van der Waals surface area contributed by atoms with E-state index in [1.165, 1.54) is 5.56 Å². The molecule has 2 N–H and O–H groups in total. The van der Waals surface area contributed by atoms with Gasteiger partial charge < -0.3 is 20.1 Å². The average molecular weight is 290 g/mol. The molecule has 21 heavy (non-hydrogen) atoms. The normalized spacial score (nSPS) is 21.7. The van der Waals surface area contributed by atoms with Crippen LogP contribution in [0.3, 0.4) is 0 Å². The maximum absolute atomic E-state index is 12.5. The minimum absolute atomic E-state index is 0.101. The third-order valence-electron chi connectivity index (χ3n) is 3.97. The smallest absolute Gasteiger partial charge is 0.334 e. The van der Waals surface area contributed by atoms with Crippen molar-refractivity contribution in [2.24, 2.45) is 0 Å². The van der Waals surface area contributed by atoms with Crippen molar-refractivity contribution >= 4 is 11.9 Å². The number of carboxylic acids is 1. The lowest BCUT2D eigenvalue weighted by Crippen LogP contribution is -2.48. The second-order valence-electron chi connectivity index (χ2n) is 5.36. The lowest BCUT2D eigenvalue weighted by atomic mass is 9.98. The Morgan fingerprint density at radius 3 is 3.00 bits per heavy atom. The molecule has 1 unspecified atom stereocenters. The van der Waals surface area contributed by atoms with Crippen LogP contribution in [0.1, 0.15) is 21.5 Å². The van der Waals surface area contributed by atoms with Crippen LogP contribution in [0, 0.1) is 0 Å². The van der Waals surface area contributed by atoms with Gasteiger partial charge in [0, 0.05) is 18.7 Å². The fraction of sp³-hybridized carbons (Fsp3) is 0.467. The van der Waals surface area contributed by atoms with Crippen LogP contribution in [-0.4, -0.2) is 54.2 Å². The maximum Gasteiger partial charge on any atom is 0.334 e. The molecule has 1 atom stereocenters. The van der Waals surface area contributed by atoms with Gasteiger partial charge in [-0.05, 0) is 36.2 Å². The first kappa shape index (κ1) is 14.0. The van der Waals surface area contributed by atoms with Crippen LogP contribution in [-0.2, 0) is 22.5 Å². The van der Waals surface area contributed by atoms with Gasteiger partial charge in [0.05, 0.1) is 13.2 Å². The van der Waals surface area contributed by atoms with Gasteiger partial charge in [-0.15, -0.1) is 0 Å². The summed E-state index contributed by atoms with van der Waals surface area (Å²) in [6, 6.07) is 5.74. The number of rotatable bonds is 2. The lowest BCUT2D eigenvalue weighted by Gasteiger charge is -2.31. The molecule has 0 aromatic heterocycles. The number of morpholine rings is 1. The minimum Gasteiger partial charge on any atom is -0.479 e. The van der Waals surface area contributed by atoms with E-state index in [4.69, 9.17) is 9.84 Å². The highest BCUT2D eigenvalue weighted by Crippen LogP contribution is 2.18. The summed E-state index contributed by atoms with van der Waals surface area (Å²) in [4.78, 5) is 25.0. The van der Waals surface area contributed by atoms with Crippen molar-refractivity contribution in [2.75, 3.05) is 26.2 Å². The molecule has 3 rings (SSSR count). The summed E-state index contributed by atoms with van der Waals surface area (Å²) < 4.78 is 5.14. The summed E-state index contributed by atoms with van der Waals surface area (Å²) in [5.41, 5.74) is 3.04. The number of benzene rings is 1. The van der Waals surface area contributed by atoms with E-state index in [0.717, 1.165) is 25.1 Å². The Hall–Kier alpha value is -1.92. The SMILES string of the molecule is O=C(O)C1CN(C(=O)c2ccc3c(c2)CNCC3)CCO1. The molecule has 0 saturated carbocycles. The van der Waals surface area contributed by atoms with Crippen LogP contribution in [0.4, 0.5) is 0 Å². The van der Waals surface area contributed by atoms with Crippen LogP contribution in [0.2, 0.25) is 0 Å². The molecule has 1 fully saturated rings. The predicted octanol–water partition coefficient (Wildman–Crippen LogP) is 0.258. The van der Waals surface area contributed by atoms with Gasteiger partial charge in [-0.25, -0.2) is 4.79 Å². The molecule has 2 aliphatic heterocycles. The topological polar surface area (TPSA) is 78.9 Å². The third-order valence-corrected chi connectivity index (χ3v) is 3.97. The van der Waals surface area contributed by atoms with E-state index < -0.39 is 12.1 Å². The molecular weight excluding hydrogens is 272 g/mol. The van der Waals surface area contributed by atoms with Crippen molar-refractivity contribution in [1.29, 1.82) is 0 Å². The van der Waals surface area contributed by atoms with Crippen molar-refractivity contribution < 1.29 is 19.4 Å². The van der Waals surface area contributed by atoms with E-state index >= 15 is 0 Å². The van der Waals surface area contributed by atoms with E-state index in [2.05, 4.69) is 5.32 Å². The highest BCUT2D eigenvalue weighted by Gasteiger charge is 2.29. The first-order chi connectivity index (χ1) is 10.1. The number of carboxylic acid groups (broad SMARTS) is 1. The maximum atomic E-state index is 12.5. The molecule has 1 aromatic rings. The summed E-state index contributed by atoms with van der Waals surface area (Å²) in [6.07, 6.45) is 0.0459. The van der Waals surface area contributed by atoms with E-state index in [-0.39, 0.29) is 19.1 Å². The number of nitrogens with one attached hydrogen (secondary N) is 1. The number of hydrogen-bond acceptors (Lipinski definition) is 4. The van der Waals surface area contributed by atoms with E-state index in [9.17, 15) is 9.59 Å². The van der Waals surface area contributed by atoms with Gasteiger partial charge in [0.25, 0.3) is 5.91 Å². The zero-order chi connectivity index (χ0) is 14.8. The van der Waals surface area contributed by atoms with Crippen molar-refractivity contribution in [3.05, 3.63) is 34.9 Å². The van der Waals surface area contributed by atoms with Crippen molar-refractivity contribution in [2.45, 2.75) is 19.1 Å². The summed E-state index contributed by atoms with van der Waals surface area (Å²) in [5, 5.41) is 12.3. The van der Waals surface area contributed by atoms with Crippen LogP contribution >= 0.6 is 0 Å². The van der Waals surface area contributed by atoms with Crippen LogP contribution in [0.5, 0.6) is 0 Å². The third kappa shape index (κ3) is 2.91. The molecule has 112 valence electrons. The predicted molar refractivity (Wildman–Crippen MR) is 75.1 cm³/mol. The Morgan fingerprint density at radius 1 is 1.33 bits per heavy atom. The summed E-state index contributed by atoms with van der Waals surface area (Å²) in [5.74, 6) is -1.15. The molecule has 0 spiro atoms. The molecular formula is C15H18N2O4. The molecule has 6 nitrogen and oxygen atoms in total. The van der Waals surface area contributed by atoms with Crippen molar-refractivity contribution in [3.8, 4) is 0 Å². The second kappa shape index (κ2) is 5.83. The molecule has 0 radical (unpaired) electrons. The number of amides is 1. The number of hydrogen-bond donors (Lipinski definition) is 2. The monoisotopic (exact) mass is 290 g/mol. The van der Waals surface area contributed by atoms with Gasteiger partial charge in [-0.1, -0.05) is 6.07 Å². The van der Waals surface area contributed by atoms with Gasteiger partial charge in [-0.3, -0.25) is 4.79 Å². The Balaban J connectivity index is 1.77. The van der Waals surface area contributed by atoms with Crippen LogP contribution < -0.4 is 5.32 Å². The fourth-order valence-electron chi connectivity index (χ4n) is 2.78.